The van der Waals surface area contributed by atoms with Gasteiger partial charge in [0.2, 0.25) is 0 Å². The second-order valence-electron chi connectivity index (χ2n) is 5.34. The topological polar surface area (TPSA) is 84.9 Å². The van der Waals surface area contributed by atoms with Crippen molar-refractivity contribution in [2.45, 2.75) is 33.0 Å². The smallest absolute Gasteiger partial charge is 0.373 e. The number of rotatable bonds is 8. The van der Waals surface area contributed by atoms with Crippen LogP contribution in [0.15, 0.2) is 34.7 Å². The van der Waals surface area contributed by atoms with Gasteiger partial charge < -0.3 is 19.9 Å². The molecule has 0 spiro atoms. The van der Waals surface area contributed by atoms with Crippen LogP contribution in [0.4, 0.5) is 0 Å². The summed E-state index contributed by atoms with van der Waals surface area (Å²) < 4.78 is 10.8. The van der Waals surface area contributed by atoms with Gasteiger partial charge in [0.25, 0.3) is 12.2 Å². The van der Waals surface area contributed by atoms with Gasteiger partial charge in [-0.15, -0.1) is 0 Å². The lowest BCUT2D eigenvalue weighted by atomic mass is 10.1. The number of carboxylic acids is 1. The summed E-state index contributed by atoms with van der Waals surface area (Å²) in [6.45, 7) is 3.87. The number of aliphatic carboxylic acids is 1. The highest BCUT2D eigenvalue weighted by atomic mass is 32.2. The van der Waals surface area contributed by atoms with E-state index in [1.54, 1.807) is 19.1 Å². The molecule has 1 atom stereocenters. The minimum atomic E-state index is -1.32. The molecule has 1 unspecified atom stereocenters. The van der Waals surface area contributed by atoms with Crippen LogP contribution >= 0.6 is 24.0 Å². The summed E-state index contributed by atoms with van der Waals surface area (Å²) in [7, 11) is 0. The normalized spacial score (nSPS) is 17.2. The Hall–Kier alpha value is -1.90. The second-order valence-corrected chi connectivity index (χ2v) is 7.03. The van der Waals surface area contributed by atoms with E-state index in [0.717, 1.165) is 24.0 Å². The van der Waals surface area contributed by atoms with Gasteiger partial charge in [0.15, 0.2) is 0 Å². The van der Waals surface area contributed by atoms with Crippen LogP contribution in [-0.4, -0.2) is 34.2 Å². The molecule has 1 fully saturated rings. The molecule has 1 aromatic rings. The van der Waals surface area contributed by atoms with E-state index in [-0.39, 0.29) is 12.5 Å². The third-order valence-electron chi connectivity index (χ3n) is 3.48. The standard InChI is InChI=1S/C17H19NO5S2/c1-3-22-16(15(20)21)23-12-8-6-11(7-9-12)5-4-10(2)13-14(19)18-17(24)25-13/h6-9,16H,3-5H2,1-2H3,(H,20,21)(H,18,19,24). The number of benzene rings is 1. The van der Waals surface area contributed by atoms with Gasteiger partial charge in [0.1, 0.15) is 10.1 Å². The molecule has 8 heteroatoms. The Morgan fingerprint density at radius 3 is 2.56 bits per heavy atom. The van der Waals surface area contributed by atoms with Crippen molar-refractivity contribution in [3.8, 4) is 5.75 Å². The van der Waals surface area contributed by atoms with Gasteiger partial charge in [-0.05, 0) is 44.4 Å². The van der Waals surface area contributed by atoms with E-state index < -0.39 is 12.3 Å². The average Bonchev–Trinajstić information content (AvgIpc) is 2.92. The molecule has 134 valence electrons. The fraction of sp³-hybridized carbons (Fsp3) is 0.353. The van der Waals surface area contributed by atoms with E-state index in [1.165, 1.54) is 11.8 Å². The molecule has 0 saturated carbocycles. The van der Waals surface area contributed by atoms with Crippen molar-refractivity contribution in [2.24, 2.45) is 0 Å². The summed E-state index contributed by atoms with van der Waals surface area (Å²) in [5.74, 6) is -0.874. The average molecular weight is 381 g/mol. The molecule has 1 aliphatic heterocycles. The van der Waals surface area contributed by atoms with Crippen molar-refractivity contribution < 1.29 is 24.2 Å². The molecule has 0 aromatic heterocycles. The van der Waals surface area contributed by atoms with Gasteiger partial charge in [0, 0.05) is 6.61 Å². The Kier molecular flexibility index (Phi) is 6.98. The van der Waals surface area contributed by atoms with Crippen LogP contribution in [0.1, 0.15) is 25.8 Å². The molecule has 1 amide bonds. The third-order valence-corrected chi connectivity index (χ3v) is 4.86. The summed E-state index contributed by atoms with van der Waals surface area (Å²) in [6.07, 6.45) is 0.170. The first-order valence-electron chi connectivity index (χ1n) is 7.73. The predicted octanol–water partition coefficient (Wildman–Crippen LogP) is 2.87. The number of carbonyl (C=O) groups is 2. The molecule has 0 aliphatic carbocycles. The summed E-state index contributed by atoms with van der Waals surface area (Å²) in [6, 6.07) is 7.15. The van der Waals surface area contributed by atoms with Crippen LogP contribution in [0, 0.1) is 0 Å². The van der Waals surface area contributed by atoms with Gasteiger partial charge >= 0.3 is 5.97 Å². The maximum atomic E-state index is 11.7. The Morgan fingerprint density at radius 2 is 2.04 bits per heavy atom. The minimum Gasteiger partial charge on any atom is -0.477 e. The third kappa shape index (κ3) is 5.55. The lowest BCUT2D eigenvalue weighted by Crippen LogP contribution is -2.30. The molecule has 25 heavy (non-hydrogen) atoms. The zero-order chi connectivity index (χ0) is 18.4. The number of thioether (sulfide) groups is 1. The summed E-state index contributed by atoms with van der Waals surface area (Å²) in [4.78, 5) is 23.4. The summed E-state index contributed by atoms with van der Waals surface area (Å²) >= 11 is 6.28. The van der Waals surface area contributed by atoms with Crippen LogP contribution in [-0.2, 0) is 20.7 Å². The Bertz CT molecular complexity index is 699. The maximum Gasteiger partial charge on any atom is 0.373 e. The highest BCUT2D eigenvalue weighted by Crippen LogP contribution is 2.28. The second kappa shape index (κ2) is 8.98. The summed E-state index contributed by atoms with van der Waals surface area (Å²) in [5.41, 5.74) is 2.05. The SMILES string of the molecule is CCOC(Oc1ccc(CCC(C)=C2SC(=S)NC2=O)cc1)C(=O)O. The molecular weight excluding hydrogens is 362 g/mol. The minimum absolute atomic E-state index is 0.133. The van der Waals surface area contributed by atoms with Crippen molar-refractivity contribution in [1.82, 2.24) is 5.32 Å². The van der Waals surface area contributed by atoms with Crippen molar-refractivity contribution in [3.05, 3.63) is 40.3 Å². The number of hydrogen-bond donors (Lipinski definition) is 2. The molecule has 0 bridgehead atoms. The first-order valence-corrected chi connectivity index (χ1v) is 8.96. The Labute approximate surface area is 155 Å². The van der Waals surface area contributed by atoms with Crippen LogP contribution in [0.5, 0.6) is 5.75 Å². The van der Waals surface area contributed by atoms with E-state index >= 15 is 0 Å². The van der Waals surface area contributed by atoms with Gasteiger partial charge in [0.05, 0.1) is 4.91 Å². The van der Waals surface area contributed by atoms with Gasteiger partial charge in [-0.25, -0.2) is 4.79 Å². The van der Waals surface area contributed by atoms with E-state index in [0.29, 0.717) is 15.0 Å². The number of carbonyl (C=O) groups excluding carboxylic acids is 1. The lowest BCUT2D eigenvalue weighted by Gasteiger charge is -2.14. The van der Waals surface area contributed by atoms with E-state index in [1.807, 2.05) is 19.1 Å². The zero-order valence-electron chi connectivity index (χ0n) is 13.9. The molecular formula is C17H19NO5S2. The molecule has 1 saturated heterocycles. The van der Waals surface area contributed by atoms with E-state index in [2.05, 4.69) is 5.32 Å². The van der Waals surface area contributed by atoms with Gasteiger partial charge in [-0.2, -0.15) is 0 Å². The quantitative estimate of drug-likeness (QED) is 0.407. The number of aryl methyl sites for hydroxylation is 1. The van der Waals surface area contributed by atoms with Crippen LogP contribution in [0.25, 0.3) is 0 Å². The molecule has 2 N–H and O–H groups in total. The molecule has 0 radical (unpaired) electrons. The Morgan fingerprint density at radius 1 is 1.36 bits per heavy atom. The zero-order valence-corrected chi connectivity index (χ0v) is 15.5. The number of carboxylic acid groups (broad SMARTS) is 1. The van der Waals surface area contributed by atoms with Crippen LogP contribution < -0.4 is 10.1 Å². The van der Waals surface area contributed by atoms with Gasteiger partial charge in [-0.3, -0.25) is 4.79 Å². The van der Waals surface area contributed by atoms with E-state index in [9.17, 15) is 9.59 Å². The summed E-state index contributed by atoms with van der Waals surface area (Å²) in [5, 5.41) is 11.6. The number of thiocarbonyl (C=S) groups is 1. The van der Waals surface area contributed by atoms with Crippen LogP contribution in [0.2, 0.25) is 0 Å². The number of hydrogen-bond acceptors (Lipinski definition) is 6. The first-order chi connectivity index (χ1) is 11.9. The molecule has 1 aliphatic rings. The highest BCUT2D eigenvalue weighted by molar-refractivity contribution is 8.26. The van der Waals surface area contributed by atoms with E-state index in [4.69, 9.17) is 26.8 Å². The number of ether oxygens (including phenoxy) is 2. The molecule has 1 aromatic carbocycles. The fourth-order valence-electron chi connectivity index (χ4n) is 2.21. The Balaban J connectivity index is 1.94. The number of nitrogens with one attached hydrogen (secondary N) is 1. The number of amides is 1. The van der Waals surface area contributed by atoms with Crippen molar-refractivity contribution in [3.63, 3.8) is 0 Å². The van der Waals surface area contributed by atoms with Crippen molar-refractivity contribution in [2.75, 3.05) is 6.61 Å². The molecule has 2 rings (SSSR count). The number of allylic oxidation sites excluding steroid dienone is 1. The first kappa shape index (κ1) is 19.4. The predicted molar refractivity (Wildman–Crippen MR) is 99.5 cm³/mol. The monoisotopic (exact) mass is 381 g/mol. The maximum absolute atomic E-state index is 11.7. The molecule has 6 nitrogen and oxygen atoms in total. The van der Waals surface area contributed by atoms with Crippen molar-refractivity contribution >= 4 is 40.2 Å². The van der Waals surface area contributed by atoms with Crippen molar-refractivity contribution in [1.29, 1.82) is 0 Å². The van der Waals surface area contributed by atoms with Crippen LogP contribution in [0.3, 0.4) is 0 Å². The molecule has 1 heterocycles. The fourth-order valence-corrected chi connectivity index (χ4v) is 3.30. The lowest BCUT2D eigenvalue weighted by molar-refractivity contribution is -0.170. The largest absolute Gasteiger partial charge is 0.477 e. The van der Waals surface area contributed by atoms with Gasteiger partial charge in [-0.1, -0.05) is 41.7 Å². The highest BCUT2D eigenvalue weighted by Gasteiger charge is 2.24.